The zero-order valence-corrected chi connectivity index (χ0v) is 15.0. The predicted octanol–water partition coefficient (Wildman–Crippen LogP) is 2.53. The number of benzene rings is 1. The lowest BCUT2D eigenvalue weighted by Crippen LogP contribution is -2.39. The fourth-order valence-corrected chi connectivity index (χ4v) is 3.51. The van der Waals surface area contributed by atoms with Crippen molar-refractivity contribution in [2.45, 2.75) is 13.3 Å². The van der Waals surface area contributed by atoms with Crippen molar-refractivity contribution in [3.8, 4) is 5.75 Å². The fraction of sp³-hybridized carbons (Fsp3) is 0.500. The summed E-state index contributed by atoms with van der Waals surface area (Å²) in [4.78, 5) is 26.5. The Bertz CT molecular complexity index is 546. The van der Waals surface area contributed by atoms with Crippen molar-refractivity contribution in [2.75, 3.05) is 31.2 Å². The maximum absolute atomic E-state index is 12.6. The highest BCUT2D eigenvalue weighted by Crippen LogP contribution is 2.35. The Hall–Kier alpha value is -1.31. The molecule has 0 bridgehead atoms. The van der Waals surface area contributed by atoms with Crippen LogP contribution in [0.2, 0.25) is 0 Å². The highest BCUT2D eigenvalue weighted by atomic mass is 127. The molecule has 6 heteroatoms. The summed E-state index contributed by atoms with van der Waals surface area (Å²) in [6.45, 7) is 3.16. The number of halogens is 1. The van der Waals surface area contributed by atoms with Gasteiger partial charge in [0.1, 0.15) is 5.75 Å². The summed E-state index contributed by atoms with van der Waals surface area (Å²) in [6.07, 6.45) is 0.649. The van der Waals surface area contributed by atoms with Gasteiger partial charge in [0.15, 0.2) is 0 Å². The highest BCUT2D eigenvalue weighted by molar-refractivity contribution is 14.1. The first kappa shape index (κ1) is 17.1. The van der Waals surface area contributed by atoms with Crippen LogP contribution in [0.1, 0.15) is 23.7 Å². The van der Waals surface area contributed by atoms with Crippen LogP contribution in [0.4, 0.5) is 0 Å². The average Bonchev–Trinajstić information content (AvgIpc) is 3.00. The minimum Gasteiger partial charge on any atom is -0.497 e. The van der Waals surface area contributed by atoms with Gasteiger partial charge in [0, 0.05) is 23.1 Å². The number of rotatable bonds is 5. The number of ether oxygens (including phenoxy) is 2. The number of alkyl halides is 1. The van der Waals surface area contributed by atoms with Crippen LogP contribution in [-0.4, -0.2) is 48.0 Å². The third-order valence-electron chi connectivity index (χ3n) is 3.94. The molecule has 1 unspecified atom stereocenters. The Kier molecular flexibility index (Phi) is 5.66. The van der Waals surface area contributed by atoms with Gasteiger partial charge in [-0.05, 0) is 37.6 Å². The topological polar surface area (TPSA) is 55.8 Å². The summed E-state index contributed by atoms with van der Waals surface area (Å²) in [6, 6.07) is 7.02. The number of nitrogens with zero attached hydrogens (tertiary/aromatic N) is 1. The molecule has 0 radical (unpaired) electrons. The second-order valence-electron chi connectivity index (χ2n) is 5.34. The smallest absolute Gasteiger partial charge is 0.314 e. The normalized spacial score (nSPS) is 20.8. The Balaban J connectivity index is 2.10. The third-order valence-corrected chi connectivity index (χ3v) is 5.40. The van der Waals surface area contributed by atoms with Crippen LogP contribution in [0.5, 0.6) is 5.75 Å². The maximum atomic E-state index is 12.6. The van der Waals surface area contributed by atoms with Gasteiger partial charge in [0.05, 0.1) is 19.1 Å². The number of hydrogen-bond acceptors (Lipinski definition) is 4. The second-order valence-corrected chi connectivity index (χ2v) is 6.10. The van der Waals surface area contributed by atoms with E-state index in [1.807, 2.05) is 0 Å². The molecule has 0 aromatic heterocycles. The summed E-state index contributed by atoms with van der Waals surface area (Å²) < 4.78 is 10.9. The van der Waals surface area contributed by atoms with E-state index >= 15 is 0 Å². The van der Waals surface area contributed by atoms with Crippen molar-refractivity contribution in [2.24, 2.45) is 5.41 Å². The number of methoxy groups -OCH3 is 1. The summed E-state index contributed by atoms with van der Waals surface area (Å²) in [5.41, 5.74) is 0.0347. The fourth-order valence-electron chi connectivity index (χ4n) is 2.58. The van der Waals surface area contributed by atoms with Gasteiger partial charge < -0.3 is 14.4 Å². The van der Waals surface area contributed by atoms with E-state index in [9.17, 15) is 9.59 Å². The van der Waals surface area contributed by atoms with Crippen molar-refractivity contribution in [3.63, 3.8) is 0 Å². The molecule has 22 heavy (non-hydrogen) atoms. The lowest BCUT2D eigenvalue weighted by molar-refractivity contribution is -0.153. The van der Waals surface area contributed by atoms with Crippen molar-refractivity contribution in [1.29, 1.82) is 0 Å². The molecule has 120 valence electrons. The molecule has 1 amide bonds. The zero-order chi connectivity index (χ0) is 16.2. The first-order chi connectivity index (χ1) is 10.6. The monoisotopic (exact) mass is 417 g/mol. The van der Waals surface area contributed by atoms with Gasteiger partial charge in [0.25, 0.3) is 5.91 Å². The standard InChI is InChI=1S/C16H20INO4/c1-3-22-15(20)16(10-17)8-9-18(11-16)14(19)12-4-6-13(21-2)7-5-12/h4-7H,3,8-11H2,1-2H3. The van der Waals surface area contributed by atoms with Crippen LogP contribution in [-0.2, 0) is 9.53 Å². The Labute approximate surface area is 144 Å². The molecule has 1 fully saturated rings. The minimum atomic E-state index is -0.571. The molecular weight excluding hydrogens is 397 g/mol. The molecule has 1 aromatic rings. The first-order valence-corrected chi connectivity index (χ1v) is 8.75. The van der Waals surface area contributed by atoms with Crippen LogP contribution in [0.25, 0.3) is 0 Å². The van der Waals surface area contributed by atoms with Gasteiger partial charge in [0.2, 0.25) is 0 Å². The Morgan fingerprint density at radius 3 is 2.55 bits per heavy atom. The van der Waals surface area contributed by atoms with Crippen LogP contribution < -0.4 is 4.74 Å². The van der Waals surface area contributed by atoms with E-state index in [1.165, 1.54) is 0 Å². The lowest BCUT2D eigenvalue weighted by Gasteiger charge is -2.24. The van der Waals surface area contributed by atoms with Gasteiger partial charge in [-0.3, -0.25) is 9.59 Å². The summed E-state index contributed by atoms with van der Waals surface area (Å²) in [7, 11) is 1.59. The zero-order valence-electron chi connectivity index (χ0n) is 12.8. The number of amides is 1. The van der Waals surface area contributed by atoms with E-state index in [0.29, 0.717) is 41.9 Å². The molecule has 5 nitrogen and oxygen atoms in total. The summed E-state index contributed by atoms with van der Waals surface area (Å²) in [5, 5.41) is 0. The number of carbonyl (C=O) groups excluding carboxylic acids is 2. The van der Waals surface area contributed by atoms with Gasteiger partial charge in [-0.15, -0.1) is 0 Å². The molecule has 1 atom stereocenters. The van der Waals surface area contributed by atoms with E-state index in [0.717, 1.165) is 0 Å². The molecule has 1 aromatic carbocycles. The summed E-state index contributed by atoms with van der Waals surface area (Å²) >= 11 is 2.20. The molecule has 1 heterocycles. The van der Waals surface area contributed by atoms with Crippen molar-refractivity contribution in [1.82, 2.24) is 4.90 Å². The average molecular weight is 417 g/mol. The molecule has 1 saturated heterocycles. The largest absolute Gasteiger partial charge is 0.497 e. The molecule has 0 aliphatic carbocycles. The second kappa shape index (κ2) is 7.30. The number of esters is 1. The van der Waals surface area contributed by atoms with Crippen LogP contribution in [0.15, 0.2) is 24.3 Å². The van der Waals surface area contributed by atoms with E-state index in [4.69, 9.17) is 9.47 Å². The van der Waals surface area contributed by atoms with Crippen molar-refractivity contribution in [3.05, 3.63) is 29.8 Å². The van der Waals surface area contributed by atoms with Gasteiger partial charge in [-0.1, -0.05) is 22.6 Å². The molecule has 2 rings (SSSR count). The maximum Gasteiger partial charge on any atom is 0.314 e. The van der Waals surface area contributed by atoms with Crippen molar-refractivity contribution >= 4 is 34.5 Å². The van der Waals surface area contributed by atoms with Crippen LogP contribution >= 0.6 is 22.6 Å². The van der Waals surface area contributed by atoms with E-state index in [2.05, 4.69) is 22.6 Å². The third kappa shape index (κ3) is 3.37. The van der Waals surface area contributed by atoms with Crippen LogP contribution in [0.3, 0.4) is 0 Å². The number of carbonyl (C=O) groups is 2. The lowest BCUT2D eigenvalue weighted by atomic mass is 9.90. The van der Waals surface area contributed by atoms with E-state index in [-0.39, 0.29) is 11.9 Å². The first-order valence-electron chi connectivity index (χ1n) is 7.23. The molecule has 1 aliphatic rings. The summed E-state index contributed by atoms with van der Waals surface area (Å²) in [5.74, 6) is 0.458. The Morgan fingerprint density at radius 2 is 2.00 bits per heavy atom. The van der Waals surface area contributed by atoms with E-state index < -0.39 is 5.41 Å². The highest BCUT2D eigenvalue weighted by Gasteiger charge is 2.46. The quantitative estimate of drug-likeness (QED) is 0.420. The molecular formula is C16H20INO4. The van der Waals surface area contributed by atoms with Crippen LogP contribution in [0, 0.1) is 5.41 Å². The molecule has 1 aliphatic heterocycles. The van der Waals surface area contributed by atoms with Crippen molar-refractivity contribution < 1.29 is 19.1 Å². The molecule has 0 spiro atoms. The number of likely N-dealkylation sites (tertiary alicyclic amines) is 1. The Morgan fingerprint density at radius 1 is 1.32 bits per heavy atom. The molecule has 0 N–H and O–H groups in total. The number of hydrogen-bond donors (Lipinski definition) is 0. The minimum absolute atomic E-state index is 0.0568. The van der Waals surface area contributed by atoms with Gasteiger partial charge in [-0.2, -0.15) is 0 Å². The molecule has 0 saturated carbocycles. The van der Waals surface area contributed by atoms with Gasteiger partial charge >= 0.3 is 5.97 Å². The van der Waals surface area contributed by atoms with E-state index in [1.54, 1.807) is 43.2 Å². The SMILES string of the molecule is CCOC(=O)C1(CI)CCN(C(=O)c2ccc(OC)cc2)C1. The van der Waals surface area contributed by atoms with Gasteiger partial charge in [-0.25, -0.2) is 0 Å². The predicted molar refractivity (Wildman–Crippen MR) is 91.5 cm³/mol.